The van der Waals surface area contributed by atoms with Gasteiger partial charge in [0.2, 0.25) is 0 Å². The molecule has 0 spiro atoms. The van der Waals surface area contributed by atoms with Crippen molar-refractivity contribution in [2.24, 2.45) is 11.8 Å². The third kappa shape index (κ3) is 4.83. The van der Waals surface area contributed by atoms with E-state index in [4.69, 9.17) is 23.2 Å². The van der Waals surface area contributed by atoms with E-state index in [2.05, 4.69) is 31.9 Å². The van der Waals surface area contributed by atoms with Gasteiger partial charge < -0.3 is 0 Å². The van der Waals surface area contributed by atoms with Gasteiger partial charge in [0, 0.05) is 20.8 Å². The minimum Gasteiger partial charge on any atom is -0.292 e. The van der Waals surface area contributed by atoms with Gasteiger partial charge in [-0.2, -0.15) is 5.01 Å². The lowest BCUT2D eigenvalue weighted by atomic mass is 9.81. The summed E-state index contributed by atoms with van der Waals surface area (Å²) in [6, 6.07) is 11.1. The van der Waals surface area contributed by atoms with Crippen molar-refractivity contribution in [1.29, 1.82) is 0 Å². The number of rotatable bonds is 5. The summed E-state index contributed by atoms with van der Waals surface area (Å²) in [5.41, 5.74) is 1.45. The average molecular weight is 631 g/mol. The lowest BCUT2D eigenvalue weighted by molar-refractivity contribution is -0.154. The standard InChI is InChI=1S/C24H20Br2Cl2N2O4/c1-12-2-4-13(5-3-12)21(31)11-29(22(32)14-6-7-19(27)20(28)8-14)30-23(33)15-9-17(25)18(26)10-16(15)24(30)34/h2-8,15-18H,9-11H2,1H3/t15-,16+,17-,18-/m0/s1. The number of alkyl halides is 2. The Morgan fingerprint density at radius 1 is 0.912 bits per heavy atom. The van der Waals surface area contributed by atoms with Gasteiger partial charge in [0.25, 0.3) is 17.7 Å². The smallest absolute Gasteiger partial charge is 0.273 e. The third-order valence-electron chi connectivity index (χ3n) is 6.20. The van der Waals surface area contributed by atoms with Crippen molar-refractivity contribution in [3.05, 3.63) is 69.2 Å². The van der Waals surface area contributed by atoms with Gasteiger partial charge in [-0.05, 0) is 38.0 Å². The molecule has 4 rings (SSSR count). The number of halogens is 4. The summed E-state index contributed by atoms with van der Waals surface area (Å²) in [4.78, 5) is 53.4. The molecule has 1 aliphatic carbocycles. The second kappa shape index (κ2) is 10.1. The van der Waals surface area contributed by atoms with Crippen LogP contribution in [-0.2, 0) is 9.59 Å². The average Bonchev–Trinajstić information content (AvgIpc) is 3.03. The molecule has 0 bridgehead atoms. The Labute approximate surface area is 223 Å². The maximum atomic E-state index is 13.5. The Hall–Kier alpha value is -1.74. The minimum absolute atomic E-state index is 0.0128. The SMILES string of the molecule is Cc1ccc(C(=O)CN(C(=O)c2ccc(Cl)c(Cl)c2)N2C(=O)[C@H]3C[C@H](Br)[C@@H](Br)C[C@H]3C2=O)cc1. The first-order valence-corrected chi connectivity index (χ1v) is 13.2. The van der Waals surface area contributed by atoms with Gasteiger partial charge in [-0.25, -0.2) is 5.01 Å². The summed E-state index contributed by atoms with van der Waals surface area (Å²) < 4.78 is 0. The van der Waals surface area contributed by atoms with Crippen molar-refractivity contribution in [3.63, 3.8) is 0 Å². The highest BCUT2D eigenvalue weighted by atomic mass is 79.9. The fourth-order valence-corrected chi connectivity index (χ4v) is 5.83. The molecule has 2 aromatic rings. The lowest BCUT2D eigenvalue weighted by Crippen LogP contribution is -2.52. The highest BCUT2D eigenvalue weighted by Crippen LogP contribution is 2.43. The van der Waals surface area contributed by atoms with E-state index in [0.717, 1.165) is 15.6 Å². The van der Waals surface area contributed by atoms with E-state index >= 15 is 0 Å². The molecule has 0 aromatic heterocycles. The van der Waals surface area contributed by atoms with Crippen molar-refractivity contribution in [3.8, 4) is 0 Å². The zero-order valence-electron chi connectivity index (χ0n) is 18.0. The predicted molar refractivity (Wildman–Crippen MR) is 137 cm³/mol. The largest absolute Gasteiger partial charge is 0.292 e. The Morgan fingerprint density at radius 3 is 1.97 bits per heavy atom. The number of Topliss-reactive ketones (excluding diaryl/α,β-unsaturated/α-hetero) is 1. The Bertz CT molecular complexity index is 1150. The molecule has 0 unspecified atom stereocenters. The van der Waals surface area contributed by atoms with E-state index in [0.29, 0.717) is 18.4 Å². The summed E-state index contributed by atoms with van der Waals surface area (Å²) in [5.74, 6) is -3.19. The number of imide groups is 1. The normalized spacial score (nSPS) is 24.2. The molecule has 0 N–H and O–H groups in total. The van der Waals surface area contributed by atoms with Crippen LogP contribution in [-0.4, -0.2) is 49.7 Å². The van der Waals surface area contributed by atoms with Crippen LogP contribution in [0.1, 0.15) is 39.1 Å². The lowest BCUT2D eigenvalue weighted by Gasteiger charge is -2.30. The molecule has 1 heterocycles. The second-order valence-electron chi connectivity index (χ2n) is 8.49. The zero-order chi connectivity index (χ0) is 24.7. The highest BCUT2D eigenvalue weighted by molar-refractivity contribution is 9.12. The quantitative estimate of drug-likeness (QED) is 0.250. The van der Waals surface area contributed by atoms with Crippen LogP contribution < -0.4 is 0 Å². The number of hydrogen-bond donors (Lipinski definition) is 0. The number of hydrazine groups is 1. The van der Waals surface area contributed by atoms with Crippen LogP contribution >= 0.6 is 55.1 Å². The first-order valence-electron chi connectivity index (χ1n) is 10.6. The number of nitrogens with zero attached hydrogens (tertiary/aromatic N) is 2. The minimum atomic E-state index is -0.690. The van der Waals surface area contributed by atoms with Gasteiger partial charge in [0.1, 0.15) is 6.54 Å². The highest BCUT2D eigenvalue weighted by Gasteiger charge is 2.54. The molecule has 0 radical (unpaired) electrons. The van der Waals surface area contributed by atoms with Crippen LogP contribution in [0.15, 0.2) is 42.5 Å². The van der Waals surface area contributed by atoms with Crippen molar-refractivity contribution < 1.29 is 19.2 Å². The zero-order valence-corrected chi connectivity index (χ0v) is 22.7. The van der Waals surface area contributed by atoms with Gasteiger partial charge in [-0.1, -0.05) is 84.9 Å². The van der Waals surface area contributed by atoms with Crippen molar-refractivity contribution in [1.82, 2.24) is 10.0 Å². The van der Waals surface area contributed by atoms with E-state index in [1.807, 2.05) is 6.92 Å². The van der Waals surface area contributed by atoms with Crippen LogP contribution in [0.25, 0.3) is 0 Å². The fourth-order valence-electron chi connectivity index (χ4n) is 4.29. The number of ketones is 1. The predicted octanol–water partition coefficient (Wildman–Crippen LogP) is 5.46. The van der Waals surface area contributed by atoms with Crippen molar-refractivity contribution >= 4 is 78.6 Å². The molecule has 1 aliphatic heterocycles. The van der Waals surface area contributed by atoms with Crippen LogP contribution in [0.5, 0.6) is 0 Å². The molecule has 10 heteroatoms. The Balaban J connectivity index is 1.71. The van der Waals surface area contributed by atoms with E-state index in [1.165, 1.54) is 18.2 Å². The first-order chi connectivity index (χ1) is 16.1. The first kappa shape index (κ1) is 25.4. The maximum Gasteiger partial charge on any atom is 0.273 e. The van der Waals surface area contributed by atoms with Crippen LogP contribution in [0.4, 0.5) is 0 Å². The molecule has 178 valence electrons. The number of benzene rings is 2. The van der Waals surface area contributed by atoms with Crippen molar-refractivity contribution in [2.75, 3.05) is 6.54 Å². The van der Waals surface area contributed by atoms with Gasteiger partial charge in [0.05, 0.1) is 21.9 Å². The molecule has 1 saturated carbocycles. The van der Waals surface area contributed by atoms with E-state index in [-0.39, 0.29) is 25.3 Å². The Kier molecular flexibility index (Phi) is 7.53. The van der Waals surface area contributed by atoms with Gasteiger partial charge >= 0.3 is 0 Å². The summed E-state index contributed by atoms with van der Waals surface area (Å²) in [6.45, 7) is 1.42. The molecule has 2 aliphatic rings. The van der Waals surface area contributed by atoms with E-state index in [1.54, 1.807) is 24.3 Å². The van der Waals surface area contributed by atoms with Gasteiger partial charge in [0.15, 0.2) is 5.78 Å². The molecular weight excluding hydrogens is 611 g/mol. The fraction of sp³-hybridized carbons (Fsp3) is 0.333. The van der Waals surface area contributed by atoms with Gasteiger partial charge in [-0.3, -0.25) is 19.2 Å². The summed E-state index contributed by atoms with van der Waals surface area (Å²) >= 11 is 19.2. The van der Waals surface area contributed by atoms with Crippen LogP contribution in [0.3, 0.4) is 0 Å². The number of aryl methyl sites for hydroxylation is 1. The number of carbonyl (C=O) groups is 4. The summed E-state index contributed by atoms with van der Waals surface area (Å²) in [6.07, 6.45) is 0.894. The van der Waals surface area contributed by atoms with Crippen LogP contribution in [0.2, 0.25) is 10.0 Å². The molecule has 2 aromatic carbocycles. The van der Waals surface area contributed by atoms with E-state index in [9.17, 15) is 19.2 Å². The molecule has 4 atom stereocenters. The summed E-state index contributed by atoms with van der Waals surface area (Å²) in [7, 11) is 0. The number of amides is 3. The number of carbonyl (C=O) groups excluding carboxylic acids is 4. The molecule has 2 fully saturated rings. The monoisotopic (exact) mass is 628 g/mol. The maximum absolute atomic E-state index is 13.5. The second-order valence-corrected chi connectivity index (χ2v) is 11.7. The van der Waals surface area contributed by atoms with Crippen LogP contribution in [0, 0.1) is 18.8 Å². The Morgan fingerprint density at radius 2 is 1.44 bits per heavy atom. The molecule has 6 nitrogen and oxygen atoms in total. The molecule has 1 saturated heterocycles. The number of fused-ring (bicyclic) bond motifs is 1. The van der Waals surface area contributed by atoms with Gasteiger partial charge in [-0.15, -0.1) is 0 Å². The molecular formula is C24H20Br2Cl2N2O4. The van der Waals surface area contributed by atoms with Crippen molar-refractivity contribution in [2.45, 2.75) is 29.4 Å². The third-order valence-corrected chi connectivity index (χ3v) is 9.67. The summed E-state index contributed by atoms with van der Waals surface area (Å²) in [5, 5.41) is 2.20. The number of hydrogen-bond acceptors (Lipinski definition) is 4. The molecule has 3 amide bonds. The van der Waals surface area contributed by atoms with E-state index < -0.39 is 41.9 Å². The topological polar surface area (TPSA) is 74.8 Å². The molecule has 34 heavy (non-hydrogen) atoms.